The highest BCUT2D eigenvalue weighted by Crippen LogP contribution is 2.28. The van der Waals surface area contributed by atoms with Gasteiger partial charge < -0.3 is 18.4 Å². The molecule has 242 valence electrons. The van der Waals surface area contributed by atoms with Crippen molar-refractivity contribution in [3.63, 3.8) is 0 Å². The molecule has 0 rings (SSSR count). The van der Waals surface area contributed by atoms with Crippen molar-refractivity contribution < 1.29 is 18.4 Å². The predicted molar refractivity (Wildman–Crippen MR) is 185 cm³/mol. The molecule has 4 nitrogen and oxygen atoms in total. The molecule has 0 aromatic heterocycles. The number of rotatable bonds is 31. The van der Waals surface area contributed by atoms with Gasteiger partial charge in [0.2, 0.25) is 0 Å². The number of hydrogen-bond donors (Lipinski definition) is 0. The summed E-state index contributed by atoms with van der Waals surface area (Å²) in [5, 5.41) is 0. The van der Waals surface area contributed by atoms with Crippen LogP contribution in [0.4, 0.5) is 0 Å². The Morgan fingerprint density at radius 2 is 0.700 bits per heavy atom. The number of quaternary nitrogens is 2. The van der Waals surface area contributed by atoms with Crippen molar-refractivity contribution in [3.05, 3.63) is 0 Å². The molecule has 0 heterocycles. The molecule has 40 heavy (non-hydrogen) atoms. The molecule has 0 amide bonds. The lowest BCUT2D eigenvalue weighted by Gasteiger charge is -2.42. The van der Waals surface area contributed by atoms with E-state index >= 15 is 0 Å². The molecule has 0 aromatic rings. The van der Waals surface area contributed by atoms with Gasteiger partial charge in [-0.05, 0) is 84.2 Å². The van der Waals surface area contributed by atoms with Crippen LogP contribution in [0.1, 0.15) is 144 Å². The lowest BCUT2D eigenvalue weighted by molar-refractivity contribution is -0.936. The third-order valence-electron chi connectivity index (χ3n) is 8.77. The van der Waals surface area contributed by atoms with Crippen LogP contribution < -0.4 is 0 Å². The molecule has 0 aromatic carbocycles. The van der Waals surface area contributed by atoms with E-state index in [9.17, 15) is 0 Å². The summed E-state index contributed by atoms with van der Waals surface area (Å²) in [4.78, 5) is 1.15. The standard InChI is InChI=1S/C34H72Br2N2O2/c1-7-25-37(26-8-2,29-31-39-11-5)33(35)23-21-19-17-15-13-14-16-18-20-22-24-34(36)38(27-9-3,28-10-4)30-32-40-12-6/h33-34H,7-32H2,1-6H3/q+2. The van der Waals surface area contributed by atoms with Crippen molar-refractivity contribution in [1.82, 2.24) is 0 Å². The zero-order chi connectivity index (χ0) is 30.0. The Kier molecular flexibility index (Phi) is 27.9. The summed E-state index contributed by atoms with van der Waals surface area (Å²) >= 11 is 8.27. The second-order valence-corrected chi connectivity index (χ2v) is 14.3. The Morgan fingerprint density at radius 1 is 0.425 bits per heavy atom. The second kappa shape index (κ2) is 27.4. The highest BCUT2D eigenvalue weighted by molar-refractivity contribution is 9.09. The first-order chi connectivity index (χ1) is 19.4. The van der Waals surface area contributed by atoms with Crippen LogP contribution in [-0.4, -0.2) is 84.6 Å². The summed E-state index contributed by atoms with van der Waals surface area (Å²) in [6, 6.07) is 0. The fraction of sp³-hybridized carbons (Fsp3) is 1.00. The van der Waals surface area contributed by atoms with Gasteiger partial charge in [-0.25, -0.2) is 0 Å². The molecule has 0 aliphatic rings. The molecule has 0 fully saturated rings. The maximum atomic E-state index is 5.76. The van der Waals surface area contributed by atoms with Crippen LogP contribution in [0.3, 0.4) is 0 Å². The first-order valence-corrected chi connectivity index (χ1v) is 19.4. The van der Waals surface area contributed by atoms with E-state index in [0.29, 0.717) is 9.90 Å². The quantitative estimate of drug-likeness (QED) is 0.0310. The van der Waals surface area contributed by atoms with Gasteiger partial charge in [-0.3, -0.25) is 0 Å². The summed E-state index contributed by atoms with van der Waals surface area (Å²) in [7, 11) is 0. The van der Waals surface area contributed by atoms with E-state index in [4.69, 9.17) is 9.47 Å². The lowest BCUT2D eigenvalue weighted by atomic mass is 10.0. The summed E-state index contributed by atoms with van der Waals surface area (Å²) in [5.74, 6) is 0. The average Bonchev–Trinajstić information content (AvgIpc) is 2.94. The van der Waals surface area contributed by atoms with E-state index < -0.39 is 0 Å². The molecule has 0 spiro atoms. The van der Waals surface area contributed by atoms with Gasteiger partial charge in [0, 0.05) is 26.1 Å². The Morgan fingerprint density at radius 3 is 0.950 bits per heavy atom. The van der Waals surface area contributed by atoms with Crippen LogP contribution in [0.5, 0.6) is 0 Å². The molecule has 0 saturated carbocycles. The van der Waals surface area contributed by atoms with Gasteiger partial charge >= 0.3 is 0 Å². The highest BCUT2D eigenvalue weighted by Gasteiger charge is 2.34. The number of nitrogens with zero attached hydrogens (tertiary/aromatic N) is 2. The molecule has 6 heteroatoms. The van der Waals surface area contributed by atoms with Crippen molar-refractivity contribution in [3.8, 4) is 0 Å². The topological polar surface area (TPSA) is 18.5 Å². The zero-order valence-electron chi connectivity index (χ0n) is 28.0. The molecule has 0 aliphatic carbocycles. The number of ether oxygens (including phenoxy) is 2. The largest absolute Gasteiger partial charge is 0.376 e. The maximum absolute atomic E-state index is 5.76. The molecular weight excluding hydrogens is 628 g/mol. The van der Waals surface area contributed by atoms with Crippen LogP contribution in [-0.2, 0) is 9.47 Å². The number of alkyl halides is 2. The summed E-state index contributed by atoms with van der Waals surface area (Å²) in [6.07, 6.45) is 21.5. The minimum Gasteiger partial charge on any atom is -0.376 e. The monoisotopic (exact) mass is 698 g/mol. The Bertz CT molecular complexity index is 480. The van der Waals surface area contributed by atoms with Crippen molar-refractivity contribution in [2.45, 2.75) is 154 Å². The zero-order valence-corrected chi connectivity index (χ0v) is 31.2. The minimum absolute atomic E-state index is 0.574. The van der Waals surface area contributed by atoms with Crippen LogP contribution >= 0.6 is 31.9 Å². The van der Waals surface area contributed by atoms with Gasteiger partial charge in [-0.15, -0.1) is 0 Å². The fourth-order valence-corrected chi connectivity index (χ4v) is 8.54. The fourth-order valence-electron chi connectivity index (χ4n) is 6.66. The molecule has 0 bridgehead atoms. The Hall–Kier alpha value is 0.800. The van der Waals surface area contributed by atoms with Gasteiger partial charge in [0.05, 0.1) is 39.4 Å². The third-order valence-corrected chi connectivity index (χ3v) is 11.4. The molecule has 2 atom stereocenters. The van der Waals surface area contributed by atoms with E-state index in [1.54, 1.807) is 0 Å². The molecule has 0 saturated heterocycles. The smallest absolute Gasteiger partial charge is 0.144 e. The van der Waals surface area contributed by atoms with E-state index in [2.05, 4.69) is 73.4 Å². The predicted octanol–water partition coefficient (Wildman–Crippen LogP) is 10.5. The van der Waals surface area contributed by atoms with Gasteiger partial charge in [-0.2, -0.15) is 0 Å². The van der Waals surface area contributed by atoms with Crippen molar-refractivity contribution in [2.75, 3.05) is 65.7 Å². The molecule has 2 unspecified atom stereocenters. The van der Waals surface area contributed by atoms with Gasteiger partial charge in [0.1, 0.15) is 23.0 Å². The Balaban J connectivity index is 4.13. The maximum Gasteiger partial charge on any atom is 0.144 e. The molecule has 0 radical (unpaired) electrons. The van der Waals surface area contributed by atoms with Crippen molar-refractivity contribution in [2.24, 2.45) is 0 Å². The number of unbranched alkanes of at least 4 members (excludes halogenated alkanes) is 9. The van der Waals surface area contributed by atoms with E-state index in [1.807, 2.05) is 0 Å². The van der Waals surface area contributed by atoms with Crippen LogP contribution in [0, 0.1) is 0 Å². The van der Waals surface area contributed by atoms with Crippen molar-refractivity contribution in [1.29, 1.82) is 0 Å². The summed E-state index contributed by atoms with van der Waals surface area (Å²) in [6.45, 7) is 24.3. The van der Waals surface area contributed by atoms with Gasteiger partial charge in [-0.1, -0.05) is 79.1 Å². The number of hydrogen-bond acceptors (Lipinski definition) is 2. The highest BCUT2D eigenvalue weighted by atomic mass is 79.9. The summed E-state index contributed by atoms with van der Waals surface area (Å²) in [5.41, 5.74) is 0. The second-order valence-electron chi connectivity index (χ2n) is 12.2. The van der Waals surface area contributed by atoms with Crippen LogP contribution in [0.15, 0.2) is 0 Å². The first kappa shape index (κ1) is 40.8. The van der Waals surface area contributed by atoms with Crippen molar-refractivity contribution >= 4 is 31.9 Å². The summed E-state index contributed by atoms with van der Waals surface area (Å²) < 4.78 is 13.9. The van der Waals surface area contributed by atoms with Gasteiger partial charge in [0.15, 0.2) is 0 Å². The van der Waals surface area contributed by atoms with E-state index in [-0.39, 0.29) is 0 Å². The SMILES string of the molecule is CCC[N+](CCC)(CCOCC)C(Br)CCCCCCCCCCCCC(Br)[N+](CCC)(CCC)CCOCC. The first-order valence-electron chi connectivity index (χ1n) is 17.6. The minimum atomic E-state index is 0.574. The van der Waals surface area contributed by atoms with Gasteiger partial charge in [0.25, 0.3) is 0 Å². The third kappa shape index (κ3) is 17.8. The van der Waals surface area contributed by atoms with E-state index in [0.717, 1.165) is 39.5 Å². The van der Waals surface area contributed by atoms with Crippen LogP contribution in [0.25, 0.3) is 0 Å². The number of halogens is 2. The molecule has 0 aliphatic heterocycles. The average molecular weight is 701 g/mol. The Labute approximate surface area is 269 Å². The molecule has 0 N–H and O–H groups in total. The lowest BCUT2D eigenvalue weighted by Crippen LogP contribution is -2.55. The normalized spacial score (nSPS) is 14.1. The van der Waals surface area contributed by atoms with E-state index in [1.165, 1.54) is 138 Å². The molecular formula is C34H72Br2N2O2+2. The van der Waals surface area contributed by atoms with Crippen LogP contribution in [0.2, 0.25) is 0 Å².